The summed E-state index contributed by atoms with van der Waals surface area (Å²) in [4.78, 5) is 21.3. The van der Waals surface area contributed by atoms with E-state index in [9.17, 15) is 9.59 Å². The molecule has 13 heavy (non-hydrogen) atoms. The van der Waals surface area contributed by atoms with Crippen molar-refractivity contribution in [3.05, 3.63) is 0 Å². The SMILES string of the molecule is CC(=O)CC(=O)OC(C)OCCO. The van der Waals surface area contributed by atoms with Gasteiger partial charge in [-0.15, -0.1) is 0 Å². The van der Waals surface area contributed by atoms with Gasteiger partial charge in [0.25, 0.3) is 0 Å². The molecule has 0 aliphatic carbocycles. The number of Topliss-reactive ketones (excluding diaryl/α,β-unsaturated/α-hetero) is 1. The Balaban J connectivity index is 3.59. The van der Waals surface area contributed by atoms with E-state index in [0.29, 0.717) is 0 Å². The van der Waals surface area contributed by atoms with Crippen LogP contribution in [0.25, 0.3) is 0 Å². The second-order valence-electron chi connectivity index (χ2n) is 2.53. The van der Waals surface area contributed by atoms with E-state index in [-0.39, 0.29) is 25.4 Å². The third-order valence-corrected chi connectivity index (χ3v) is 1.13. The molecule has 5 heteroatoms. The number of rotatable bonds is 6. The lowest BCUT2D eigenvalue weighted by molar-refractivity contribution is -0.176. The highest BCUT2D eigenvalue weighted by molar-refractivity contribution is 5.94. The van der Waals surface area contributed by atoms with Crippen LogP contribution in [0, 0.1) is 0 Å². The molecule has 5 nitrogen and oxygen atoms in total. The van der Waals surface area contributed by atoms with Gasteiger partial charge in [-0.1, -0.05) is 0 Å². The number of aliphatic hydroxyl groups is 1. The number of ketones is 1. The lowest BCUT2D eigenvalue weighted by Gasteiger charge is -2.12. The smallest absolute Gasteiger partial charge is 0.315 e. The number of aliphatic hydroxyl groups excluding tert-OH is 1. The minimum atomic E-state index is -0.723. The van der Waals surface area contributed by atoms with E-state index in [0.717, 1.165) is 0 Å². The van der Waals surface area contributed by atoms with Crippen molar-refractivity contribution in [2.45, 2.75) is 26.6 Å². The van der Waals surface area contributed by atoms with Crippen LogP contribution in [0.4, 0.5) is 0 Å². The van der Waals surface area contributed by atoms with Gasteiger partial charge in [0.15, 0.2) is 6.29 Å². The summed E-state index contributed by atoms with van der Waals surface area (Å²) in [5, 5.41) is 8.38. The van der Waals surface area contributed by atoms with Crippen LogP contribution in [0.5, 0.6) is 0 Å². The van der Waals surface area contributed by atoms with E-state index in [1.807, 2.05) is 0 Å². The average Bonchev–Trinajstić information content (AvgIpc) is 1.98. The lowest BCUT2D eigenvalue weighted by Crippen LogP contribution is -2.20. The van der Waals surface area contributed by atoms with E-state index >= 15 is 0 Å². The van der Waals surface area contributed by atoms with Gasteiger partial charge in [-0.3, -0.25) is 9.59 Å². The monoisotopic (exact) mass is 190 g/mol. The topological polar surface area (TPSA) is 72.8 Å². The second-order valence-corrected chi connectivity index (χ2v) is 2.53. The Labute approximate surface area is 76.6 Å². The van der Waals surface area contributed by atoms with Crippen LogP contribution in [-0.2, 0) is 19.1 Å². The van der Waals surface area contributed by atoms with Gasteiger partial charge in [-0.2, -0.15) is 0 Å². The highest BCUT2D eigenvalue weighted by atomic mass is 16.7. The zero-order valence-electron chi connectivity index (χ0n) is 7.78. The molecule has 0 spiro atoms. The highest BCUT2D eigenvalue weighted by Gasteiger charge is 2.10. The van der Waals surface area contributed by atoms with Crippen LogP contribution < -0.4 is 0 Å². The maximum absolute atomic E-state index is 10.8. The molecule has 0 heterocycles. The third-order valence-electron chi connectivity index (χ3n) is 1.13. The van der Waals surface area contributed by atoms with Crippen LogP contribution >= 0.6 is 0 Å². The summed E-state index contributed by atoms with van der Waals surface area (Å²) in [5.74, 6) is -0.864. The summed E-state index contributed by atoms with van der Waals surface area (Å²) in [7, 11) is 0. The molecule has 1 atom stereocenters. The first-order valence-electron chi connectivity index (χ1n) is 3.97. The van der Waals surface area contributed by atoms with Crippen LogP contribution in [0.3, 0.4) is 0 Å². The number of ether oxygens (including phenoxy) is 2. The van der Waals surface area contributed by atoms with Gasteiger partial charge in [0.05, 0.1) is 13.2 Å². The van der Waals surface area contributed by atoms with Gasteiger partial charge >= 0.3 is 5.97 Å². The Morgan fingerprint density at radius 3 is 2.54 bits per heavy atom. The van der Waals surface area contributed by atoms with Crippen LogP contribution in [-0.4, -0.2) is 36.4 Å². The minimum absolute atomic E-state index is 0.106. The van der Waals surface area contributed by atoms with Crippen molar-refractivity contribution >= 4 is 11.8 Å². The summed E-state index contributed by atoms with van der Waals surface area (Å²) in [6.07, 6.45) is -0.966. The summed E-state index contributed by atoms with van der Waals surface area (Å²) in [6.45, 7) is 2.80. The molecule has 0 aliphatic heterocycles. The molecule has 0 amide bonds. The van der Waals surface area contributed by atoms with Crippen molar-refractivity contribution < 1.29 is 24.2 Å². The fourth-order valence-electron chi connectivity index (χ4n) is 0.683. The zero-order chi connectivity index (χ0) is 10.3. The number of hydrogen-bond acceptors (Lipinski definition) is 5. The Bertz CT molecular complexity index is 177. The van der Waals surface area contributed by atoms with Crippen molar-refractivity contribution in [1.82, 2.24) is 0 Å². The van der Waals surface area contributed by atoms with Crippen LogP contribution in [0.15, 0.2) is 0 Å². The van der Waals surface area contributed by atoms with Crippen molar-refractivity contribution in [2.75, 3.05) is 13.2 Å². The molecule has 0 bridgehead atoms. The first kappa shape index (κ1) is 12.1. The average molecular weight is 190 g/mol. The standard InChI is InChI=1S/C8H14O5/c1-6(10)5-8(11)13-7(2)12-4-3-9/h7,9H,3-5H2,1-2H3. The molecular formula is C8H14O5. The Morgan fingerprint density at radius 2 is 2.08 bits per heavy atom. The molecule has 0 aromatic rings. The van der Waals surface area contributed by atoms with Gasteiger partial charge in [0.2, 0.25) is 0 Å². The highest BCUT2D eigenvalue weighted by Crippen LogP contribution is 1.96. The van der Waals surface area contributed by atoms with Crippen molar-refractivity contribution in [1.29, 1.82) is 0 Å². The van der Waals surface area contributed by atoms with E-state index in [2.05, 4.69) is 4.74 Å². The molecule has 0 saturated heterocycles. The van der Waals surface area contributed by atoms with E-state index < -0.39 is 12.3 Å². The van der Waals surface area contributed by atoms with Gasteiger partial charge < -0.3 is 14.6 Å². The van der Waals surface area contributed by atoms with Gasteiger partial charge in [0.1, 0.15) is 12.2 Å². The molecule has 0 fully saturated rings. The maximum atomic E-state index is 10.8. The largest absolute Gasteiger partial charge is 0.436 e. The van der Waals surface area contributed by atoms with E-state index in [4.69, 9.17) is 9.84 Å². The fourth-order valence-corrected chi connectivity index (χ4v) is 0.683. The van der Waals surface area contributed by atoms with Crippen molar-refractivity contribution in [2.24, 2.45) is 0 Å². The van der Waals surface area contributed by atoms with Gasteiger partial charge in [-0.25, -0.2) is 0 Å². The minimum Gasteiger partial charge on any atom is -0.436 e. The third kappa shape index (κ3) is 7.42. The number of carbonyl (C=O) groups is 2. The molecule has 0 aromatic carbocycles. The summed E-state index contributed by atoms with van der Waals surface area (Å²) in [5.41, 5.74) is 0. The molecule has 76 valence electrons. The van der Waals surface area contributed by atoms with Crippen molar-refractivity contribution in [3.8, 4) is 0 Å². The number of hydrogen-bond donors (Lipinski definition) is 1. The fraction of sp³-hybridized carbons (Fsp3) is 0.750. The summed E-state index contributed by atoms with van der Waals surface area (Å²) < 4.78 is 9.51. The van der Waals surface area contributed by atoms with Crippen LogP contribution in [0.2, 0.25) is 0 Å². The van der Waals surface area contributed by atoms with E-state index in [1.165, 1.54) is 13.8 Å². The molecule has 0 rings (SSSR count). The van der Waals surface area contributed by atoms with E-state index in [1.54, 1.807) is 0 Å². The predicted molar refractivity (Wildman–Crippen MR) is 43.9 cm³/mol. The Hall–Kier alpha value is -0.940. The summed E-state index contributed by atoms with van der Waals surface area (Å²) in [6, 6.07) is 0. The molecule has 0 aliphatic rings. The molecule has 1 unspecified atom stereocenters. The first-order valence-corrected chi connectivity index (χ1v) is 3.97. The van der Waals surface area contributed by atoms with Gasteiger partial charge in [0, 0.05) is 0 Å². The zero-order valence-corrected chi connectivity index (χ0v) is 7.78. The molecular weight excluding hydrogens is 176 g/mol. The molecule has 1 N–H and O–H groups in total. The van der Waals surface area contributed by atoms with Gasteiger partial charge in [-0.05, 0) is 13.8 Å². The predicted octanol–water partition coefficient (Wildman–Crippen LogP) is -0.136. The first-order chi connectivity index (χ1) is 6.06. The lowest BCUT2D eigenvalue weighted by atomic mass is 10.3. The quantitative estimate of drug-likeness (QED) is 0.358. The van der Waals surface area contributed by atoms with Crippen LogP contribution in [0.1, 0.15) is 20.3 Å². The summed E-state index contributed by atoms with van der Waals surface area (Å²) >= 11 is 0. The number of esters is 1. The number of carbonyl (C=O) groups excluding carboxylic acids is 2. The van der Waals surface area contributed by atoms with Crippen molar-refractivity contribution in [3.63, 3.8) is 0 Å². The Morgan fingerprint density at radius 1 is 1.46 bits per heavy atom. The molecule has 0 saturated carbocycles. The second kappa shape index (κ2) is 6.56. The molecule has 0 aromatic heterocycles. The Kier molecular flexibility index (Phi) is 6.09. The normalized spacial score (nSPS) is 12.2. The maximum Gasteiger partial charge on any atom is 0.315 e. The molecule has 0 radical (unpaired) electrons.